The highest BCUT2D eigenvalue weighted by Gasteiger charge is 2.26. The standard InChI is InChI=1S/C21H22N4O5S/c1-3-30-21(29)15-12(2)17(18(22)28)31-20(15)24-14(26)11-25-10-9-23-19(25)16(27)13-7-5-4-6-8-13/h4-10,16,27H,3,11H2,1-2H3,(H2,22,28)(H,24,26). The number of carbonyl (C=O) groups excluding carboxylic acids is 3. The molecule has 9 nitrogen and oxygen atoms in total. The Morgan fingerprint density at radius 1 is 1.29 bits per heavy atom. The van der Waals surface area contributed by atoms with Crippen LogP contribution < -0.4 is 11.1 Å². The normalized spacial score (nSPS) is 11.7. The zero-order valence-corrected chi connectivity index (χ0v) is 17.8. The van der Waals surface area contributed by atoms with Crippen molar-refractivity contribution in [3.8, 4) is 0 Å². The highest BCUT2D eigenvalue weighted by Crippen LogP contribution is 2.33. The Bertz CT molecular complexity index is 1110. The molecule has 0 saturated carbocycles. The lowest BCUT2D eigenvalue weighted by Crippen LogP contribution is -2.22. The van der Waals surface area contributed by atoms with Gasteiger partial charge in [0.05, 0.1) is 17.0 Å². The summed E-state index contributed by atoms with van der Waals surface area (Å²) >= 11 is 0.915. The number of nitrogens with zero attached hydrogens (tertiary/aromatic N) is 2. The van der Waals surface area contributed by atoms with Crippen LogP contribution in [0.2, 0.25) is 0 Å². The molecule has 0 radical (unpaired) electrons. The number of primary amides is 1. The lowest BCUT2D eigenvalue weighted by molar-refractivity contribution is -0.116. The molecule has 3 rings (SSSR count). The number of aromatic nitrogens is 2. The van der Waals surface area contributed by atoms with Gasteiger partial charge in [0, 0.05) is 12.4 Å². The SMILES string of the molecule is CCOC(=O)c1c(NC(=O)Cn2ccnc2C(O)c2ccccc2)sc(C(N)=O)c1C. The Labute approximate surface area is 182 Å². The molecule has 2 aromatic heterocycles. The maximum atomic E-state index is 12.7. The summed E-state index contributed by atoms with van der Waals surface area (Å²) in [5.74, 6) is -1.52. The number of rotatable bonds is 8. The maximum Gasteiger partial charge on any atom is 0.341 e. The number of aliphatic hydroxyl groups is 1. The second-order valence-corrected chi connectivity index (χ2v) is 7.64. The summed E-state index contributed by atoms with van der Waals surface area (Å²) in [4.78, 5) is 41.1. The van der Waals surface area contributed by atoms with E-state index in [2.05, 4.69) is 10.3 Å². The van der Waals surface area contributed by atoms with E-state index in [1.165, 1.54) is 10.8 Å². The Hall–Kier alpha value is -3.50. The van der Waals surface area contributed by atoms with Crippen LogP contribution in [0.25, 0.3) is 0 Å². The van der Waals surface area contributed by atoms with Crippen LogP contribution in [0.4, 0.5) is 5.00 Å². The fourth-order valence-corrected chi connectivity index (χ4v) is 4.16. The van der Waals surface area contributed by atoms with E-state index in [0.717, 1.165) is 11.3 Å². The minimum atomic E-state index is -1.01. The van der Waals surface area contributed by atoms with Gasteiger partial charge in [0.1, 0.15) is 23.5 Å². The number of nitrogens with one attached hydrogen (secondary N) is 1. The van der Waals surface area contributed by atoms with Crippen LogP contribution in [-0.4, -0.2) is 39.0 Å². The molecule has 2 heterocycles. The first-order chi connectivity index (χ1) is 14.8. The van der Waals surface area contributed by atoms with Gasteiger partial charge in [0.2, 0.25) is 5.91 Å². The zero-order valence-electron chi connectivity index (χ0n) is 17.0. The van der Waals surface area contributed by atoms with Gasteiger partial charge in [-0.3, -0.25) is 9.59 Å². The average Bonchev–Trinajstić information content (AvgIpc) is 3.32. The van der Waals surface area contributed by atoms with Gasteiger partial charge in [-0.05, 0) is 25.0 Å². The summed E-state index contributed by atoms with van der Waals surface area (Å²) in [6, 6.07) is 8.95. The number of nitrogens with two attached hydrogens (primary N) is 1. The van der Waals surface area contributed by atoms with E-state index in [4.69, 9.17) is 10.5 Å². The first kappa shape index (κ1) is 22.2. The van der Waals surface area contributed by atoms with Crippen molar-refractivity contribution in [1.29, 1.82) is 0 Å². The lowest BCUT2D eigenvalue weighted by atomic mass is 10.1. The highest BCUT2D eigenvalue weighted by molar-refractivity contribution is 7.18. The lowest BCUT2D eigenvalue weighted by Gasteiger charge is -2.14. The van der Waals surface area contributed by atoms with Gasteiger partial charge in [-0.15, -0.1) is 11.3 Å². The highest BCUT2D eigenvalue weighted by atomic mass is 32.1. The first-order valence-electron chi connectivity index (χ1n) is 9.47. The Kier molecular flexibility index (Phi) is 6.83. The molecule has 0 fully saturated rings. The predicted octanol–water partition coefficient (Wildman–Crippen LogP) is 2.25. The fraction of sp³-hybridized carbons (Fsp3) is 0.238. The van der Waals surface area contributed by atoms with Gasteiger partial charge in [-0.1, -0.05) is 30.3 Å². The number of imidazole rings is 1. The van der Waals surface area contributed by atoms with Crippen LogP contribution >= 0.6 is 11.3 Å². The smallest absolute Gasteiger partial charge is 0.341 e. The molecule has 4 N–H and O–H groups in total. The first-order valence-corrected chi connectivity index (χ1v) is 10.3. The van der Waals surface area contributed by atoms with E-state index in [1.54, 1.807) is 44.3 Å². The summed E-state index contributed by atoms with van der Waals surface area (Å²) in [5, 5.41) is 13.4. The molecule has 1 unspecified atom stereocenters. The molecule has 1 atom stereocenters. The second kappa shape index (κ2) is 9.54. The van der Waals surface area contributed by atoms with Crippen LogP contribution in [0, 0.1) is 6.92 Å². The predicted molar refractivity (Wildman–Crippen MR) is 115 cm³/mol. The summed E-state index contributed by atoms with van der Waals surface area (Å²) in [6.07, 6.45) is 2.05. The van der Waals surface area contributed by atoms with Crippen LogP contribution in [0.1, 0.15) is 50.0 Å². The third kappa shape index (κ3) is 4.81. The molecule has 0 bridgehead atoms. The van der Waals surface area contributed by atoms with Crippen molar-refractivity contribution in [3.63, 3.8) is 0 Å². The number of aliphatic hydroxyl groups excluding tert-OH is 1. The quantitative estimate of drug-likeness (QED) is 0.458. The molecule has 10 heteroatoms. The number of amides is 2. The molecule has 3 aromatic rings. The number of ether oxygens (including phenoxy) is 1. The van der Waals surface area contributed by atoms with Crippen LogP contribution in [-0.2, 0) is 16.1 Å². The van der Waals surface area contributed by atoms with Crippen LogP contribution in [0.15, 0.2) is 42.7 Å². The van der Waals surface area contributed by atoms with Crippen molar-refractivity contribution >= 4 is 34.1 Å². The van der Waals surface area contributed by atoms with Crippen LogP contribution in [0.5, 0.6) is 0 Å². The molecule has 1 aromatic carbocycles. The Balaban J connectivity index is 1.83. The number of benzene rings is 1. The van der Waals surface area contributed by atoms with Crippen molar-refractivity contribution in [3.05, 3.63) is 70.1 Å². The number of hydrogen-bond acceptors (Lipinski definition) is 7. The molecule has 0 aliphatic heterocycles. The summed E-state index contributed by atoms with van der Waals surface area (Å²) in [7, 11) is 0. The number of thiophene rings is 1. The Morgan fingerprint density at radius 2 is 2.00 bits per heavy atom. The largest absolute Gasteiger partial charge is 0.462 e. The molecule has 2 amide bonds. The van der Waals surface area contributed by atoms with Crippen molar-refractivity contribution in [1.82, 2.24) is 9.55 Å². The summed E-state index contributed by atoms with van der Waals surface area (Å²) < 4.78 is 6.55. The van der Waals surface area contributed by atoms with Gasteiger partial charge >= 0.3 is 5.97 Å². The van der Waals surface area contributed by atoms with E-state index in [0.29, 0.717) is 17.0 Å². The van der Waals surface area contributed by atoms with E-state index < -0.39 is 23.9 Å². The number of carbonyl (C=O) groups is 3. The van der Waals surface area contributed by atoms with Crippen molar-refractivity contribution in [2.75, 3.05) is 11.9 Å². The summed E-state index contributed by atoms with van der Waals surface area (Å²) in [6.45, 7) is 3.21. The van der Waals surface area contributed by atoms with Gasteiger partial charge in [0.15, 0.2) is 0 Å². The van der Waals surface area contributed by atoms with Crippen molar-refractivity contribution in [2.45, 2.75) is 26.5 Å². The second-order valence-electron chi connectivity index (χ2n) is 6.62. The third-order valence-electron chi connectivity index (χ3n) is 4.52. The molecular formula is C21H22N4O5S. The van der Waals surface area contributed by atoms with E-state index >= 15 is 0 Å². The molecule has 31 heavy (non-hydrogen) atoms. The van der Waals surface area contributed by atoms with E-state index in [-0.39, 0.29) is 28.6 Å². The maximum absolute atomic E-state index is 12.7. The average molecular weight is 442 g/mol. The number of hydrogen-bond donors (Lipinski definition) is 3. The van der Waals surface area contributed by atoms with Gasteiger partial charge < -0.3 is 25.5 Å². The number of anilines is 1. The molecule has 0 saturated heterocycles. The fourth-order valence-electron chi connectivity index (χ4n) is 3.09. The zero-order chi connectivity index (χ0) is 22.5. The van der Waals surface area contributed by atoms with E-state index in [1.807, 2.05) is 6.07 Å². The third-order valence-corrected chi connectivity index (χ3v) is 5.75. The van der Waals surface area contributed by atoms with Gasteiger partial charge in [0.25, 0.3) is 5.91 Å². The molecule has 0 aliphatic carbocycles. The minimum Gasteiger partial charge on any atom is -0.462 e. The minimum absolute atomic E-state index is 0.101. The van der Waals surface area contributed by atoms with Gasteiger partial charge in [-0.25, -0.2) is 9.78 Å². The summed E-state index contributed by atoms with van der Waals surface area (Å²) in [5.41, 5.74) is 6.48. The van der Waals surface area contributed by atoms with E-state index in [9.17, 15) is 19.5 Å². The van der Waals surface area contributed by atoms with Crippen molar-refractivity contribution < 1.29 is 24.2 Å². The van der Waals surface area contributed by atoms with Gasteiger partial charge in [-0.2, -0.15) is 0 Å². The monoisotopic (exact) mass is 442 g/mol. The molecular weight excluding hydrogens is 420 g/mol. The topological polar surface area (TPSA) is 137 Å². The number of esters is 1. The van der Waals surface area contributed by atoms with Crippen LogP contribution in [0.3, 0.4) is 0 Å². The van der Waals surface area contributed by atoms with Crippen molar-refractivity contribution in [2.24, 2.45) is 5.73 Å². The molecule has 162 valence electrons. The molecule has 0 spiro atoms. The Morgan fingerprint density at radius 3 is 2.65 bits per heavy atom. The molecule has 0 aliphatic rings.